The second-order valence-electron chi connectivity index (χ2n) is 32.0. The van der Waals surface area contributed by atoms with Gasteiger partial charge in [0.2, 0.25) is 0 Å². The van der Waals surface area contributed by atoms with Crippen molar-refractivity contribution in [3.05, 3.63) is 448 Å². The molecule has 11 N–H and O–H groups in total. The molecule has 144 heavy (non-hydrogen) atoms. The maximum Gasteiger partial charge on any atom is 0.338 e. The molecule has 10 aromatic carbocycles. The highest BCUT2D eigenvalue weighted by Crippen LogP contribution is 2.36. The van der Waals surface area contributed by atoms with Gasteiger partial charge in [-0.15, -0.1) is 0 Å². The maximum absolute atomic E-state index is 12.5. The van der Waals surface area contributed by atoms with Gasteiger partial charge in [0.05, 0.1) is 58.1 Å². The molecule has 0 amide bonds. The van der Waals surface area contributed by atoms with Crippen molar-refractivity contribution in [1.82, 2.24) is 53.2 Å². The van der Waals surface area contributed by atoms with Crippen molar-refractivity contribution in [1.29, 1.82) is 0 Å². The molecule has 10 aromatic rings. The first-order valence-corrected chi connectivity index (χ1v) is 47.5. The minimum Gasteiger partial charge on any atom is -0.489 e. The molecule has 0 spiro atoms. The van der Waals surface area contributed by atoms with Crippen LogP contribution in [0, 0.1) is 0 Å². The van der Waals surface area contributed by atoms with Crippen LogP contribution in [0.5, 0.6) is 28.7 Å². The van der Waals surface area contributed by atoms with Crippen molar-refractivity contribution < 1.29 is 81.2 Å². The lowest BCUT2D eigenvalue weighted by atomic mass is 9.95. The Bertz CT molecular complexity index is 5450. The average molecular weight is 2030 g/mol. The Morgan fingerprint density at radius 3 is 0.528 bits per heavy atom. The van der Waals surface area contributed by atoms with Crippen LogP contribution < -0.4 is 76.9 Å². The van der Waals surface area contributed by atoms with E-state index in [1.165, 1.54) is 30.4 Å². The predicted molar refractivity (Wildman–Crippen MR) is 577 cm³/mol. The molecule has 5 heterocycles. The molecule has 0 aromatic heterocycles. The molecular weight excluding hydrogens is 1920 g/mol. The van der Waals surface area contributed by atoms with Gasteiger partial charge in [-0.2, -0.15) is 0 Å². The lowest BCUT2D eigenvalue weighted by Gasteiger charge is -2.29. The topological polar surface area (TPSA) is 335 Å². The van der Waals surface area contributed by atoms with Crippen molar-refractivity contribution in [2.24, 2.45) is 0 Å². The number of carbonyl (C=O) groups excluding carboxylic acids is 5. The number of benzene rings is 10. The van der Waals surface area contributed by atoms with Gasteiger partial charge in [0.25, 0.3) is 5.97 Å². The van der Waals surface area contributed by atoms with Gasteiger partial charge in [-0.1, -0.05) is 276 Å². The summed E-state index contributed by atoms with van der Waals surface area (Å²) in [4.78, 5) is 71.5. The van der Waals surface area contributed by atoms with E-state index in [2.05, 4.69) is 86.1 Å². The van der Waals surface area contributed by atoms with Crippen molar-refractivity contribution in [2.75, 3.05) is 33.0 Å². The van der Waals surface area contributed by atoms with Crippen LogP contribution in [0.15, 0.2) is 393 Å². The normalized spacial score (nSPS) is 15.8. The van der Waals surface area contributed by atoms with Gasteiger partial charge in [0.1, 0.15) is 94.8 Å². The molecule has 0 bridgehead atoms. The van der Waals surface area contributed by atoms with E-state index in [0.29, 0.717) is 115 Å². The molecule has 5 atom stereocenters. The summed E-state index contributed by atoms with van der Waals surface area (Å²) in [6, 6.07) is 85.9. The second kappa shape index (κ2) is 57.6. The van der Waals surface area contributed by atoms with Crippen LogP contribution in [0.25, 0.3) is 0 Å². The number of carboxylic acids is 1. The van der Waals surface area contributed by atoms with Crippen molar-refractivity contribution in [3.63, 3.8) is 0 Å². The van der Waals surface area contributed by atoms with E-state index < -0.39 is 66.0 Å². The van der Waals surface area contributed by atoms with E-state index in [9.17, 15) is 24.0 Å². The van der Waals surface area contributed by atoms with E-state index in [0.717, 1.165) is 91.3 Å². The number of hydrogen-bond acceptors (Lipinski definition) is 21. The highest BCUT2D eigenvalue weighted by Gasteiger charge is 2.37. The Balaban J connectivity index is 0.000000183. The summed E-state index contributed by atoms with van der Waals surface area (Å²) in [5.74, 6) is 0.879. The Labute approximate surface area is 865 Å². The molecule has 32 heteroatoms. The fourth-order valence-electron chi connectivity index (χ4n) is 14.6. The molecule has 15 rings (SSSR count). The fraction of sp³-hybridized carbons (Fsp3) is 0.188. The van der Waals surface area contributed by atoms with Crippen molar-refractivity contribution in [3.8, 4) is 28.7 Å². The number of ether oxygens (including phenoxy) is 10. The molecule has 27 nitrogen and oxygen atoms in total. The second-order valence-corrected chi connectivity index (χ2v) is 34.1. The SMILES string of the molecule is C=CCOC(=O)C1=C(C)NC(=S)NC1c1ccc(OCc2ccccc2)cc1.C=CCOC(=O)C1=C(C)NC(=S)NC1c1ccc(OCc2ccccc2)cc1.C=CCOC(=O)C1=C(C)NC(=S)NC1c1ccc(OCc2ccccc2)cc1.C=CCOC(=O)C1=C(C)NC(=S)NC1c1ccc(OCc2ccccc2)cc1.C=CCOC(=O)C1=C(C)NC(=S)NC1c1ccc(OCc2ccccc2)cc1.CC(=O)O. The minimum absolute atomic E-state index is 0.152. The third-order valence-electron chi connectivity index (χ3n) is 21.4. The molecule has 0 saturated heterocycles. The number of carbonyl (C=O) groups is 6. The number of thiocarbonyl (C=S) groups is 5. The largest absolute Gasteiger partial charge is 0.489 e. The van der Waals surface area contributed by atoms with Crippen LogP contribution in [-0.4, -0.2) is 99.5 Å². The van der Waals surface area contributed by atoms with Crippen LogP contribution in [0.4, 0.5) is 0 Å². The minimum atomic E-state index is -0.833. The smallest absolute Gasteiger partial charge is 0.338 e. The standard InChI is InChI=1S/5C22H22N2O3S.C2H4O2/c5*1-3-13-26-21(25)19-15(2)23-22(28)24-20(19)17-9-11-18(12-10-17)27-14-16-7-5-4-6-8-16;1-2(3)4/h5*3-12,20H,1,13-14H2,2H3,(H2,23,24,28);1H3,(H,3,4). The monoisotopic (exact) mass is 2030 g/mol. The third kappa shape index (κ3) is 34.4. The highest BCUT2D eigenvalue weighted by molar-refractivity contribution is 7.81. The number of esters is 5. The summed E-state index contributed by atoms with van der Waals surface area (Å²) in [6.45, 7) is 31.2. The van der Waals surface area contributed by atoms with Crippen LogP contribution in [0.1, 0.15) is 127 Å². The zero-order valence-electron chi connectivity index (χ0n) is 80.4. The number of rotatable bonds is 35. The first-order chi connectivity index (χ1) is 69.6. The molecule has 5 unspecified atom stereocenters. The zero-order chi connectivity index (χ0) is 103. The van der Waals surface area contributed by atoms with Crippen LogP contribution in [0.3, 0.4) is 0 Å². The van der Waals surface area contributed by atoms with Gasteiger partial charge < -0.3 is 106 Å². The maximum atomic E-state index is 12.5. The van der Waals surface area contributed by atoms with E-state index >= 15 is 0 Å². The van der Waals surface area contributed by atoms with Crippen LogP contribution >= 0.6 is 61.1 Å². The number of allylic oxidation sites excluding steroid dienone is 5. The number of carboxylic acid groups (broad SMARTS) is 1. The molecule has 0 fully saturated rings. The van der Waals surface area contributed by atoms with Gasteiger partial charge in [-0.3, -0.25) is 4.79 Å². The summed E-state index contributed by atoms with van der Waals surface area (Å²) in [5, 5.41) is 40.4. The van der Waals surface area contributed by atoms with Crippen molar-refractivity contribution in [2.45, 2.75) is 105 Å². The van der Waals surface area contributed by atoms with Gasteiger partial charge in [-0.05, 0) is 212 Å². The predicted octanol–water partition coefficient (Wildman–Crippen LogP) is 19.0. The summed E-state index contributed by atoms with van der Waals surface area (Å²) >= 11 is 26.3. The molecular formula is C112H114N10O17S5. The lowest BCUT2D eigenvalue weighted by Crippen LogP contribution is -2.45. The Kier molecular flexibility index (Phi) is 43.9. The number of hydrogen-bond donors (Lipinski definition) is 11. The van der Waals surface area contributed by atoms with E-state index in [1.807, 2.05) is 308 Å². The van der Waals surface area contributed by atoms with Gasteiger partial charge in [0, 0.05) is 35.4 Å². The van der Waals surface area contributed by atoms with Gasteiger partial charge in [-0.25, -0.2) is 24.0 Å². The first-order valence-electron chi connectivity index (χ1n) is 45.5. The molecule has 5 aliphatic rings. The fourth-order valence-corrected chi connectivity index (χ4v) is 16.0. The first kappa shape index (κ1) is 110. The lowest BCUT2D eigenvalue weighted by molar-refractivity contribution is -0.139. The van der Waals surface area contributed by atoms with E-state index in [4.69, 9.17) is 118 Å². The van der Waals surface area contributed by atoms with Gasteiger partial charge >= 0.3 is 29.8 Å². The Hall–Kier alpha value is -16.1. The van der Waals surface area contributed by atoms with Crippen LogP contribution in [-0.2, 0) is 85.5 Å². The summed E-state index contributed by atoms with van der Waals surface area (Å²) in [5.41, 5.74) is 15.8. The molecule has 0 radical (unpaired) electrons. The highest BCUT2D eigenvalue weighted by atomic mass is 32.1. The van der Waals surface area contributed by atoms with Gasteiger partial charge in [0.15, 0.2) is 25.6 Å². The average Bonchev–Trinajstić information content (AvgIpc) is 0.813. The number of nitrogens with one attached hydrogen (secondary N) is 10. The number of aliphatic carboxylic acids is 1. The molecule has 0 saturated carbocycles. The third-order valence-corrected chi connectivity index (χ3v) is 22.5. The summed E-state index contributed by atoms with van der Waals surface area (Å²) in [7, 11) is 0. The van der Waals surface area contributed by atoms with Crippen molar-refractivity contribution >= 4 is 122 Å². The zero-order valence-corrected chi connectivity index (χ0v) is 84.5. The molecule has 744 valence electrons. The Morgan fingerprint density at radius 1 is 0.257 bits per heavy atom. The summed E-state index contributed by atoms with van der Waals surface area (Å²) in [6.07, 6.45) is 7.69. The Morgan fingerprint density at radius 2 is 0.396 bits per heavy atom. The van der Waals surface area contributed by atoms with E-state index in [1.54, 1.807) is 0 Å². The molecule has 0 aliphatic carbocycles. The van der Waals surface area contributed by atoms with Crippen LogP contribution in [0.2, 0.25) is 0 Å². The van der Waals surface area contributed by atoms with E-state index in [-0.39, 0.29) is 33.0 Å². The quantitative estimate of drug-likeness (QED) is 0.00761. The summed E-state index contributed by atoms with van der Waals surface area (Å²) < 4.78 is 55.3. The molecule has 5 aliphatic heterocycles.